The first kappa shape index (κ1) is 19.7. The van der Waals surface area contributed by atoms with Gasteiger partial charge in [0.1, 0.15) is 5.60 Å². The van der Waals surface area contributed by atoms with Crippen molar-refractivity contribution in [3.8, 4) is 0 Å². The number of aliphatic hydroxyl groups is 1. The molecule has 0 radical (unpaired) electrons. The Balaban J connectivity index is 2.15. The first-order valence-corrected chi connectivity index (χ1v) is 9.37. The summed E-state index contributed by atoms with van der Waals surface area (Å²) in [7, 11) is 8.04. The van der Waals surface area contributed by atoms with Gasteiger partial charge in [-0.1, -0.05) is 61.2 Å². The van der Waals surface area contributed by atoms with Crippen molar-refractivity contribution < 1.29 is 5.11 Å². The number of hydrogen-bond donors (Lipinski definition) is 1. The number of hydrogen-bond acceptors (Lipinski definition) is 3. The molecular weight excluding hydrogens is 344 g/mol. The normalized spacial score (nSPS) is 11.2. The second-order valence-corrected chi connectivity index (χ2v) is 7.42. The van der Waals surface area contributed by atoms with Gasteiger partial charge in [-0.3, -0.25) is 0 Å². The SMILES string of the molecule is C=Cc1ccc(C(O)(c2ccc(N(C)C)cc2)c2ccc(N(C)C)cc2)cc1. The van der Waals surface area contributed by atoms with E-state index in [9.17, 15) is 5.11 Å². The van der Waals surface area contributed by atoms with Crippen molar-refractivity contribution in [3.63, 3.8) is 0 Å². The second kappa shape index (κ2) is 7.91. The zero-order valence-electron chi connectivity index (χ0n) is 17.1. The van der Waals surface area contributed by atoms with Crippen molar-refractivity contribution in [2.75, 3.05) is 38.0 Å². The van der Waals surface area contributed by atoms with Crippen LogP contribution in [0.4, 0.5) is 11.4 Å². The summed E-state index contributed by atoms with van der Waals surface area (Å²) in [5.74, 6) is 0. The summed E-state index contributed by atoms with van der Waals surface area (Å²) < 4.78 is 0. The maximum Gasteiger partial charge on any atom is 0.140 e. The molecule has 1 N–H and O–H groups in total. The number of benzene rings is 3. The van der Waals surface area contributed by atoms with E-state index in [2.05, 4.69) is 6.58 Å². The lowest BCUT2D eigenvalue weighted by molar-refractivity contribution is 0.126. The van der Waals surface area contributed by atoms with E-state index in [4.69, 9.17) is 0 Å². The molecule has 0 amide bonds. The average Bonchev–Trinajstić information content (AvgIpc) is 2.73. The van der Waals surface area contributed by atoms with Gasteiger partial charge >= 0.3 is 0 Å². The van der Waals surface area contributed by atoms with E-state index >= 15 is 0 Å². The quantitative estimate of drug-likeness (QED) is 0.633. The molecule has 0 saturated carbocycles. The van der Waals surface area contributed by atoms with E-state index < -0.39 is 5.60 Å². The van der Waals surface area contributed by atoms with Gasteiger partial charge in [-0.05, 0) is 46.5 Å². The van der Waals surface area contributed by atoms with Gasteiger partial charge in [0, 0.05) is 39.6 Å². The lowest BCUT2D eigenvalue weighted by Gasteiger charge is -2.31. The summed E-state index contributed by atoms with van der Waals surface area (Å²) in [6, 6.07) is 24.0. The molecule has 3 heteroatoms. The molecule has 0 bridgehead atoms. The van der Waals surface area contributed by atoms with Crippen LogP contribution in [-0.4, -0.2) is 33.3 Å². The van der Waals surface area contributed by atoms with Crippen LogP contribution in [0.3, 0.4) is 0 Å². The first-order chi connectivity index (χ1) is 13.4. The van der Waals surface area contributed by atoms with Crippen molar-refractivity contribution in [2.24, 2.45) is 0 Å². The summed E-state index contributed by atoms with van der Waals surface area (Å²) >= 11 is 0. The van der Waals surface area contributed by atoms with Gasteiger partial charge in [0.15, 0.2) is 0 Å². The lowest BCUT2D eigenvalue weighted by Crippen LogP contribution is -2.29. The molecule has 0 aliphatic carbocycles. The van der Waals surface area contributed by atoms with Gasteiger partial charge < -0.3 is 14.9 Å². The van der Waals surface area contributed by atoms with E-state index in [0.29, 0.717) is 0 Å². The Morgan fingerprint density at radius 3 is 1.25 bits per heavy atom. The maximum absolute atomic E-state index is 12.0. The van der Waals surface area contributed by atoms with Crippen LogP contribution < -0.4 is 9.80 Å². The molecule has 28 heavy (non-hydrogen) atoms. The predicted molar refractivity (Wildman–Crippen MR) is 120 cm³/mol. The summed E-state index contributed by atoms with van der Waals surface area (Å²) in [4.78, 5) is 4.10. The molecule has 3 aromatic rings. The second-order valence-electron chi connectivity index (χ2n) is 7.42. The van der Waals surface area contributed by atoms with E-state index in [1.165, 1.54) is 0 Å². The molecule has 0 spiro atoms. The third-order valence-electron chi connectivity index (χ3n) is 5.17. The molecule has 0 saturated heterocycles. The van der Waals surface area contributed by atoms with Crippen LogP contribution in [0.2, 0.25) is 0 Å². The first-order valence-electron chi connectivity index (χ1n) is 9.37. The van der Waals surface area contributed by atoms with Gasteiger partial charge in [-0.25, -0.2) is 0 Å². The fourth-order valence-corrected chi connectivity index (χ4v) is 3.36. The molecule has 0 atom stereocenters. The van der Waals surface area contributed by atoms with Crippen LogP contribution in [0.15, 0.2) is 79.4 Å². The highest BCUT2D eigenvalue weighted by molar-refractivity contribution is 5.56. The van der Waals surface area contributed by atoms with Crippen molar-refractivity contribution in [3.05, 3.63) is 102 Å². The van der Waals surface area contributed by atoms with Crippen LogP contribution in [0.5, 0.6) is 0 Å². The fourth-order valence-electron chi connectivity index (χ4n) is 3.36. The van der Waals surface area contributed by atoms with Crippen LogP contribution in [0.1, 0.15) is 22.3 Å². The van der Waals surface area contributed by atoms with Crippen LogP contribution in [-0.2, 0) is 5.60 Å². The lowest BCUT2D eigenvalue weighted by atomic mass is 9.80. The van der Waals surface area contributed by atoms with Gasteiger partial charge in [0.2, 0.25) is 0 Å². The summed E-state index contributed by atoms with van der Waals surface area (Å²) in [6.07, 6.45) is 1.81. The molecule has 3 aromatic carbocycles. The fraction of sp³-hybridized carbons (Fsp3) is 0.200. The molecule has 3 rings (SSSR count). The van der Waals surface area contributed by atoms with E-state index in [-0.39, 0.29) is 0 Å². The number of anilines is 2. The largest absolute Gasteiger partial charge is 0.378 e. The third-order valence-corrected chi connectivity index (χ3v) is 5.17. The Hall–Kier alpha value is -3.04. The van der Waals surface area contributed by atoms with Crippen molar-refractivity contribution >= 4 is 17.5 Å². The van der Waals surface area contributed by atoms with E-state index in [1.54, 1.807) is 6.08 Å². The molecule has 144 valence electrons. The predicted octanol–water partition coefficient (Wildman–Crippen LogP) is 4.75. The topological polar surface area (TPSA) is 26.7 Å². The monoisotopic (exact) mass is 372 g/mol. The Labute approximate surface area is 168 Å². The minimum Gasteiger partial charge on any atom is -0.378 e. The van der Waals surface area contributed by atoms with Crippen molar-refractivity contribution in [1.29, 1.82) is 0 Å². The molecule has 0 unspecified atom stereocenters. The van der Waals surface area contributed by atoms with E-state index in [1.807, 2.05) is 111 Å². The average molecular weight is 373 g/mol. The van der Waals surface area contributed by atoms with Crippen molar-refractivity contribution in [2.45, 2.75) is 5.60 Å². The highest BCUT2D eigenvalue weighted by atomic mass is 16.3. The summed E-state index contributed by atoms with van der Waals surface area (Å²) in [6.45, 7) is 3.82. The zero-order chi connectivity index (χ0) is 20.3. The Morgan fingerprint density at radius 1 is 0.643 bits per heavy atom. The molecule has 0 aromatic heterocycles. The van der Waals surface area contributed by atoms with Crippen LogP contribution >= 0.6 is 0 Å². The Bertz CT molecular complexity index is 872. The number of nitrogens with zero attached hydrogens (tertiary/aromatic N) is 2. The van der Waals surface area contributed by atoms with Crippen LogP contribution in [0, 0.1) is 0 Å². The number of rotatable bonds is 6. The van der Waals surface area contributed by atoms with Gasteiger partial charge in [0.25, 0.3) is 0 Å². The van der Waals surface area contributed by atoms with Gasteiger partial charge in [-0.2, -0.15) is 0 Å². The highest BCUT2D eigenvalue weighted by Crippen LogP contribution is 2.38. The minimum absolute atomic E-state index is 0.827. The molecule has 0 aliphatic rings. The molecular formula is C25H28N2O. The molecule has 0 aliphatic heterocycles. The van der Waals surface area contributed by atoms with Crippen molar-refractivity contribution in [1.82, 2.24) is 0 Å². The standard InChI is InChI=1S/C25H28N2O/c1-6-19-7-9-20(10-8-19)25(28,21-11-15-23(16-12-21)26(2)3)22-13-17-24(18-14-22)27(4)5/h6-18,28H,1H2,2-5H3. The highest BCUT2D eigenvalue weighted by Gasteiger charge is 2.33. The molecule has 3 nitrogen and oxygen atoms in total. The Kier molecular flexibility index (Phi) is 5.57. The third kappa shape index (κ3) is 3.67. The smallest absolute Gasteiger partial charge is 0.140 e. The maximum atomic E-state index is 12.0. The molecule has 0 heterocycles. The van der Waals surface area contributed by atoms with E-state index in [0.717, 1.165) is 33.6 Å². The Morgan fingerprint density at radius 2 is 0.964 bits per heavy atom. The van der Waals surface area contributed by atoms with Crippen LogP contribution in [0.25, 0.3) is 6.08 Å². The summed E-state index contributed by atoms with van der Waals surface area (Å²) in [5.41, 5.74) is 4.47. The molecule has 0 fully saturated rings. The minimum atomic E-state index is -1.24. The zero-order valence-corrected chi connectivity index (χ0v) is 17.1. The summed E-state index contributed by atoms with van der Waals surface area (Å²) in [5, 5.41) is 12.0. The van der Waals surface area contributed by atoms with Gasteiger partial charge in [-0.15, -0.1) is 0 Å². The van der Waals surface area contributed by atoms with Gasteiger partial charge in [0.05, 0.1) is 0 Å².